The number of nitrogens with zero attached hydrogens (tertiary/aromatic N) is 3. The third kappa shape index (κ3) is 4.68. The van der Waals surface area contributed by atoms with Crippen molar-refractivity contribution in [2.45, 2.75) is 6.42 Å². The van der Waals surface area contributed by atoms with Gasteiger partial charge >= 0.3 is 0 Å². The molecule has 1 amide bonds. The van der Waals surface area contributed by atoms with E-state index in [4.69, 9.17) is 4.74 Å². The molecule has 1 aromatic heterocycles. The topological polar surface area (TPSA) is 57.7 Å². The summed E-state index contributed by atoms with van der Waals surface area (Å²) in [5, 5.41) is 2.84. The maximum Gasteiger partial charge on any atom is 0.269 e. The van der Waals surface area contributed by atoms with E-state index in [2.05, 4.69) is 27.1 Å². The number of carbonyl (C=O) groups is 1. The molecule has 0 radical (unpaired) electrons. The van der Waals surface area contributed by atoms with Crippen molar-refractivity contribution in [1.29, 1.82) is 0 Å². The largest absolute Gasteiger partial charge is 0.385 e. The molecule has 2 heterocycles. The van der Waals surface area contributed by atoms with Crippen LogP contribution in [0.3, 0.4) is 0 Å². The van der Waals surface area contributed by atoms with Gasteiger partial charge in [0, 0.05) is 46.4 Å². The first-order chi connectivity index (χ1) is 10.2. The number of anilines is 1. The van der Waals surface area contributed by atoms with Crippen molar-refractivity contribution in [3.05, 3.63) is 24.0 Å². The maximum absolute atomic E-state index is 11.9. The SMILES string of the molecule is COCCCNC(=O)c1ccc(N2CCN(C)CC2)cn1. The molecule has 21 heavy (non-hydrogen) atoms. The zero-order chi connectivity index (χ0) is 15.1. The summed E-state index contributed by atoms with van der Waals surface area (Å²) in [6.07, 6.45) is 2.59. The predicted octanol–water partition coefficient (Wildman–Crippen LogP) is 0.600. The molecule has 0 aromatic carbocycles. The lowest BCUT2D eigenvalue weighted by molar-refractivity contribution is 0.0943. The molecule has 0 saturated carbocycles. The molecular weight excluding hydrogens is 268 g/mol. The molecule has 1 aliphatic rings. The second-order valence-electron chi connectivity index (χ2n) is 5.29. The summed E-state index contributed by atoms with van der Waals surface area (Å²) in [4.78, 5) is 20.8. The van der Waals surface area contributed by atoms with Gasteiger partial charge < -0.3 is 19.9 Å². The fourth-order valence-electron chi connectivity index (χ4n) is 2.28. The highest BCUT2D eigenvalue weighted by molar-refractivity contribution is 5.92. The molecule has 1 aromatic rings. The number of nitrogens with one attached hydrogen (secondary N) is 1. The van der Waals surface area contributed by atoms with Crippen molar-refractivity contribution < 1.29 is 9.53 Å². The van der Waals surface area contributed by atoms with Gasteiger partial charge in [0.1, 0.15) is 5.69 Å². The van der Waals surface area contributed by atoms with Crippen LogP contribution in [0.2, 0.25) is 0 Å². The zero-order valence-corrected chi connectivity index (χ0v) is 12.8. The molecule has 0 atom stereocenters. The smallest absolute Gasteiger partial charge is 0.269 e. The second-order valence-corrected chi connectivity index (χ2v) is 5.29. The van der Waals surface area contributed by atoms with E-state index in [0.29, 0.717) is 18.8 Å². The Morgan fingerprint density at radius 3 is 2.71 bits per heavy atom. The van der Waals surface area contributed by atoms with E-state index in [1.54, 1.807) is 19.4 Å². The number of hydrogen-bond acceptors (Lipinski definition) is 5. The lowest BCUT2D eigenvalue weighted by atomic mass is 10.2. The van der Waals surface area contributed by atoms with Gasteiger partial charge in [-0.1, -0.05) is 0 Å². The third-order valence-electron chi connectivity index (χ3n) is 3.66. The molecule has 1 fully saturated rings. The summed E-state index contributed by atoms with van der Waals surface area (Å²) < 4.78 is 4.94. The van der Waals surface area contributed by atoms with Crippen molar-refractivity contribution >= 4 is 11.6 Å². The van der Waals surface area contributed by atoms with Crippen LogP contribution >= 0.6 is 0 Å². The van der Waals surface area contributed by atoms with Gasteiger partial charge in [-0.3, -0.25) is 4.79 Å². The number of aromatic nitrogens is 1. The Morgan fingerprint density at radius 2 is 2.10 bits per heavy atom. The Kier molecular flexibility index (Phi) is 5.95. The Hall–Kier alpha value is -1.66. The Labute approximate surface area is 126 Å². The van der Waals surface area contributed by atoms with Gasteiger partial charge in [-0.15, -0.1) is 0 Å². The normalized spacial score (nSPS) is 16.0. The number of methoxy groups -OCH3 is 1. The molecule has 1 saturated heterocycles. The molecule has 0 aliphatic carbocycles. The van der Waals surface area contributed by atoms with Gasteiger partial charge in [0.25, 0.3) is 5.91 Å². The molecule has 6 nitrogen and oxygen atoms in total. The molecule has 6 heteroatoms. The fraction of sp³-hybridized carbons (Fsp3) is 0.600. The molecule has 1 N–H and O–H groups in total. The number of amides is 1. The van der Waals surface area contributed by atoms with E-state index in [1.807, 2.05) is 6.07 Å². The van der Waals surface area contributed by atoms with Gasteiger partial charge in [-0.05, 0) is 25.6 Å². The minimum atomic E-state index is -0.129. The number of pyridine rings is 1. The average molecular weight is 292 g/mol. The molecule has 0 bridgehead atoms. The summed E-state index contributed by atoms with van der Waals surface area (Å²) in [7, 11) is 3.78. The first-order valence-corrected chi connectivity index (χ1v) is 7.37. The first kappa shape index (κ1) is 15.7. The predicted molar refractivity (Wildman–Crippen MR) is 82.8 cm³/mol. The highest BCUT2D eigenvalue weighted by Crippen LogP contribution is 2.15. The van der Waals surface area contributed by atoms with Gasteiger partial charge in [0.2, 0.25) is 0 Å². The standard InChI is InChI=1S/C15H24N4O2/c1-18-7-9-19(10-8-18)13-4-5-14(17-12-13)15(20)16-6-3-11-21-2/h4-5,12H,3,6-11H2,1-2H3,(H,16,20). The average Bonchev–Trinajstić information content (AvgIpc) is 2.52. The number of rotatable bonds is 6. The molecular formula is C15H24N4O2. The van der Waals surface area contributed by atoms with E-state index in [1.165, 1.54) is 0 Å². The second kappa shape index (κ2) is 7.95. The number of ether oxygens (including phenoxy) is 1. The van der Waals surface area contributed by atoms with Gasteiger partial charge in [0.15, 0.2) is 0 Å². The number of piperazine rings is 1. The van der Waals surface area contributed by atoms with Crippen LogP contribution in [-0.4, -0.2) is 69.3 Å². The summed E-state index contributed by atoms with van der Waals surface area (Å²) in [6.45, 7) is 5.37. The Balaban J connectivity index is 1.85. The summed E-state index contributed by atoms with van der Waals surface area (Å²) in [6, 6.07) is 3.77. The van der Waals surface area contributed by atoms with Crippen LogP contribution in [-0.2, 0) is 4.74 Å². The van der Waals surface area contributed by atoms with Gasteiger partial charge in [-0.2, -0.15) is 0 Å². The van der Waals surface area contributed by atoms with E-state index in [0.717, 1.165) is 38.3 Å². The summed E-state index contributed by atoms with van der Waals surface area (Å²) in [5.74, 6) is -0.129. The third-order valence-corrected chi connectivity index (χ3v) is 3.66. The Morgan fingerprint density at radius 1 is 1.33 bits per heavy atom. The van der Waals surface area contributed by atoms with E-state index >= 15 is 0 Å². The van der Waals surface area contributed by atoms with E-state index in [9.17, 15) is 4.79 Å². The van der Waals surface area contributed by atoms with Crippen molar-refractivity contribution in [2.75, 3.05) is 58.4 Å². The molecule has 0 unspecified atom stereocenters. The zero-order valence-electron chi connectivity index (χ0n) is 12.8. The van der Waals surface area contributed by atoms with Crippen LogP contribution in [0.5, 0.6) is 0 Å². The van der Waals surface area contributed by atoms with Crippen LogP contribution in [0.25, 0.3) is 0 Å². The minimum Gasteiger partial charge on any atom is -0.385 e. The first-order valence-electron chi connectivity index (χ1n) is 7.37. The van der Waals surface area contributed by atoms with E-state index in [-0.39, 0.29) is 5.91 Å². The summed E-state index contributed by atoms with van der Waals surface area (Å²) >= 11 is 0. The minimum absolute atomic E-state index is 0.129. The van der Waals surface area contributed by atoms with Crippen molar-refractivity contribution in [3.8, 4) is 0 Å². The fourth-order valence-corrected chi connectivity index (χ4v) is 2.28. The van der Waals surface area contributed by atoms with Crippen molar-refractivity contribution in [1.82, 2.24) is 15.2 Å². The van der Waals surface area contributed by atoms with Crippen LogP contribution in [0.4, 0.5) is 5.69 Å². The Bertz CT molecular complexity index is 441. The maximum atomic E-state index is 11.9. The van der Waals surface area contributed by atoms with Crippen molar-refractivity contribution in [2.24, 2.45) is 0 Å². The lowest BCUT2D eigenvalue weighted by Crippen LogP contribution is -2.44. The molecule has 116 valence electrons. The number of carbonyl (C=O) groups excluding carboxylic acids is 1. The monoisotopic (exact) mass is 292 g/mol. The summed E-state index contributed by atoms with van der Waals surface area (Å²) in [5.41, 5.74) is 1.55. The van der Waals surface area contributed by atoms with Crippen LogP contribution in [0.1, 0.15) is 16.9 Å². The van der Waals surface area contributed by atoms with Crippen LogP contribution < -0.4 is 10.2 Å². The van der Waals surface area contributed by atoms with Gasteiger partial charge in [-0.25, -0.2) is 4.98 Å². The quantitative estimate of drug-likeness (QED) is 0.778. The number of likely N-dealkylation sites (N-methyl/N-ethyl adjacent to an activating group) is 1. The highest BCUT2D eigenvalue weighted by atomic mass is 16.5. The van der Waals surface area contributed by atoms with Crippen LogP contribution in [0.15, 0.2) is 18.3 Å². The van der Waals surface area contributed by atoms with Gasteiger partial charge in [0.05, 0.1) is 11.9 Å². The van der Waals surface area contributed by atoms with E-state index < -0.39 is 0 Å². The molecule has 2 rings (SSSR count). The lowest BCUT2D eigenvalue weighted by Gasteiger charge is -2.33. The molecule has 0 spiro atoms. The highest BCUT2D eigenvalue weighted by Gasteiger charge is 2.15. The molecule has 1 aliphatic heterocycles. The number of hydrogen-bond donors (Lipinski definition) is 1. The van der Waals surface area contributed by atoms with Crippen LogP contribution in [0, 0.1) is 0 Å². The van der Waals surface area contributed by atoms with Crippen molar-refractivity contribution in [3.63, 3.8) is 0 Å².